The van der Waals surface area contributed by atoms with Crippen LogP contribution in [0.25, 0.3) is 0 Å². The van der Waals surface area contributed by atoms with Crippen LogP contribution in [-0.2, 0) is 4.79 Å². The standard InChI is InChI=1S/C17H19ClN2O3/c18-14-7-5-13(6-8-14)16(21)12-20-17(22)4-2-10-23-15-3-1-9-19-11-15/h1,3,5-9,11,16,21H,2,4,10,12H2,(H,20,22). The normalized spacial score (nSPS) is 11.7. The number of pyridine rings is 1. The summed E-state index contributed by atoms with van der Waals surface area (Å²) in [5.74, 6) is 0.568. The first-order valence-corrected chi connectivity index (χ1v) is 7.76. The molecule has 2 N–H and O–H groups in total. The van der Waals surface area contributed by atoms with Crippen LogP contribution in [0.3, 0.4) is 0 Å². The molecule has 1 amide bonds. The number of hydrogen-bond donors (Lipinski definition) is 2. The molecular weight excluding hydrogens is 316 g/mol. The van der Waals surface area contributed by atoms with E-state index < -0.39 is 6.10 Å². The summed E-state index contributed by atoms with van der Waals surface area (Å²) >= 11 is 5.79. The van der Waals surface area contributed by atoms with Crippen LogP contribution in [0, 0.1) is 0 Å². The van der Waals surface area contributed by atoms with E-state index in [2.05, 4.69) is 10.3 Å². The molecule has 1 heterocycles. The average molecular weight is 335 g/mol. The summed E-state index contributed by atoms with van der Waals surface area (Å²) in [6.45, 7) is 0.614. The average Bonchev–Trinajstić information content (AvgIpc) is 2.58. The zero-order valence-electron chi connectivity index (χ0n) is 12.6. The minimum atomic E-state index is -0.747. The second-order valence-corrected chi connectivity index (χ2v) is 5.45. The molecule has 0 spiro atoms. The van der Waals surface area contributed by atoms with E-state index in [1.807, 2.05) is 6.07 Å². The lowest BCUT2D eigenvalue weighted by Crippen LogP contribution is -2.28. The fraction of sp³-hybridized carbons (Fsp3) is 0.294. The number of carbonyl (C=O) groups is 1. The van der Waals surface area contributed by atoms with Gasteiger partial charge in [0.15, 0.2) is 0 Å². The Kier molecular flexibility index (Phi) is 6.84. The third-order valence-electron chi connectivity index (χ3n) is 3.20. The van der Waals surface area contributed by atoms with E-state index in [0.29, 0.717) is 30.2 Å². The van der Waals surface area contributed by atoms with E-state index in [1.165, 1.54) is 0 Å². The van der Waals surface area contributed by atoms with Gasteiger partial charge in [0.1, 0.15) is 5.75 Å². The number of hydrogen-bond acceptors (Lipinski definition) is 4. The zero-order valence-corrected chi connectivity index (χ0v) is 13.4. The highest BCUT2D eigenvalue weighted by Gasteiger charge is 2.09. The number of amides is 1. The van der Waals surface area contributed by atoms with E-state index >= 15 is 0 Å². The summed E-state index contributed by atoms with van der Waals surface area (Å²) in [5, 5.41) is 13.3. The maximum Gasteiger partial charge on any atom is 0.220 e. The SMILES string of the molecule is O=C(CCCOc1cccnc1)NCC(O)c1ccc(Cl)cc1. The number of nitrogens with one attached hydrogen (secondary N) is 1. The summed E-state index contributed by atoms with van der Waals surface area (Å²) in [7, 11) is 0. The highest BCUT2D eigenvalue weighted by molar-refractivity contribution is 6.30. The molecule has 0 aliphatic carbocycles. The quantitative estimate of drug-likeness (QED) is 0.728. The van der Waals surface area contributed by atoms with Crippen LogP contribution < -0.4 is 10.1 Å². The molecule has 122 valence electrons. The molecule has 2 rings (SSSR count). The van der Waals surface area contributed by atoms with Crippen LogP contribution >= 0.6 is 11.6 Å². The number of aliphatic hydroxyl groups is 1. The van der Waals surface area contributed by atoms with Gasteiger partial charge in [0.25, 0.3) is 0 Å². The van der Waals surface area contributed by atoms with E-state index in [9.17, 15) is 9.90 Å². The molecule has 0 radical (unpaired) electrons. The predicted molar refractivity (Wildman–Crippen MR) is 88.4 cm³/mol. The summed E-state index contributed by atoms with van der Waals surface area (Å²) < 4.78 is 5.46. The van der Waals surface area contributed by atoms with Gasteiger partial charge in [-0.1, -0.05) is 23.7 Å². The van der Waals surface area contributed by atoms with Gasteiger partial charge in [0.2, 0.25) is 5.91 Å². The molecule has 0 fully saturated rings. The molecule has 2 aromatic rings. The number of aliphatic hydroxyl groups excluding tert-OH is 1. The maximum atomic E-state index is 11.7. The fourth-order valence-electron chi connectivity index (χ4n) is 1.96. The molecular formula is C17H19ClN2O3. The Morgan fingerprint density at radius 3 is 2.78 bits per heavy atom. The van der Waals surface area contributed by atoms with E-state index in [4.69, 9.17) is 16.3 Å². The summed E-state index contributed by atoms with van der Waals surface area (Å²) in [6.07, 6.45) is 3.49. The summed E-state index contributed by atoms with van der Waals surface area (Å²) in [5.41, 5.74) is 0.717. The molecule has 1 aromatic carbocycles. The minimum Gasteiger partial charge on any atom is -0.492 e. The van der Waals surface area contributed by atoms with Crippen molar-refractivity contribution in [1.29, 1.82) is 0 Å². The summed E-state index contributed by atoms with van der Waals surface area (Å²) in [4.78, 5) is 15.7. The lowest BCUT2D eigenvalue weighted by Gasteiger charge is -2.12. The predicted octanol–water partition coefficient (Wildman–Crippen LogP) is 2.74. The van der Waals surface area contributed by atoms with Crippen molar-refractivity contribution in [1.82, 2.24) is 10.3 Å². The molecule has 0 aliphatic rings. The van der Waals surface area contributed by atoms with Crippen molar-refractivity contribution in [3.05, 3.63) is 59.4 Å². The van der Waals surface area contributed by atoms with Gasteiger partial charge in [-0.05, 0) is 36.2 Å². The van der Waals surface area contributed by atoms with Crippen molar-refractivity contribution in [3.63, 3.8) is 0 Å². The molecule has 0 bridgehead atoms. The van der Waals surface area contributed by atoms with Crippen LogP contribution in [0.1, 0.15) is 24.5 Å². The number of aromatic nitrogens is 1. The Morgan fingerprint density at radius 2 is 2.09 bits per heavy atom. The minimum absolute atomic E-state index is 0.118. The first-order valence-electron chi connectivity index (χ1n) is 7.38. The van der Waals surface area contributed by atoms with Crippen molar-refractivity contribution in [2.45, 2.75) is 18.9 Å². The van der Waals surface area contributed by atoms with Crippen LogP contribution in [0.4, 0.5) is 0 Å². The van der Waals surface area contributed by atoms with Crippen molar-refractivity contribution < 1.29 is 14.6 Å². The first-order chi connectivity index (χ1) is 11.1. The zero-order chi connectivity index (χ0) is 16.5. The highest BCUT2D eigenvalue weighted by Crippen LogP contribution is 2.15. The highest BCUT2D eigenvalue weighted by atomic mass is 35.5. The number of nitrogens with zero attached hydrogens (tertiary/aromatic N) is 1. The van der Waals surface area contributed by atoms with Gasteiger partial charge in [-0.3, -0.25) is 9.78 Å². The second kappa shape index (κ2) is 9.12. The third-order valence-corrected chi connectivity index (χ3v) is 3.45. The van der Waals surface area contributed by atoms with Crippen LogP contribution in [0.15, 0.2) is 48.8 Å². The Morgan fingerprint density at radius 1 is 1.30 bits per heavy atom. The van der Waals surface area contributed by atoms with Gasteiger partial charge in [-0.15, -0.1) is 0 Å². The smallest absolute Gasteiger partial charge is 0.220 e. The molecule has 5 nitrogen and oxygen atoms in total. The van der Waals surface area contributed by atoms with E-state index in [0.717, 1.165) is 5.56 Å². The lowest BCUT2D eigenvalue weighted by molar-refractivity contribution is -0.121. The number of ether oxygens (including phenoxy) is 1. The Labute approximate surface area is 140 Å². The van der Waals surface area contributed by atoms with Crippen LogP contribution in [-0.4, -0.2) is 29.1 Å². The monoisotopic (exact) mass is 334 g/mol. The van der Waals surface area contributed by atoms with Crippen molar-refractivity contribution in [2.75, 3.05) is 13.2 Å². The Hall–Kier alpha value is -2.11. The fourth-order valence-corrected chi connectivity index (χ4v) is 2.08. The molecule has 1 aromatic heterocycles. The van der Waals surface area contributed by atoms with Crippen LogP contribution in [0.2, 0.25) is 5.02 Å². The van der Waals surface area contributed by atoms with Crippen molar-refractivity contribution in [3.8, 4) is 5.75 Å². The number of benzene rings is 1. The molecule has 0 aliphatic heterocycles. The number of rotatable bonds is 8. The van der Waals surface area contributed by atoms with E-state index in [-0.39, 0.29) is 12.5 Å². The van der Waals surface area contributed by atoms with Gasteiger partial charge < -0.3 is 15.2 Å². The molecule has 0 saturated carbocycles. The third kappa shape index (κ3) is 6.26. The Balaban J connectivity index is 1.62. The van der Waals surface area contributed by atoms with Crippen molar-refractivity contribution in [2.24, 2.45) is 0 Å². The van der Waals surface area contributed by atoms with Gasteiger partial charge >= 0.3 is 0 Å². The lowest BCUT2D eigenvalue weighted by atomic mass is 10.1. The second-order valence-electron chi connectivity index (χ2n) is 5.01. The molecule has 0 saturated heterocycles. The largest absolute Gasteiger partial charge is 0.492 e. The number of halogens is 1. The molecule has 23 heavy (non-hydrogen) atoms. The van der Waals surface area contributed by atoms with E-state index in [1.54, 1.807) is 42.7 Å². The van der Waals surface area contributed by atoms with Gasteiger partial charge in [-0.2, -0.15) is 0 Å². The molecule has 6 heteroatoms. The van der Waals surface area contributed by atoms with Crippen molar-refractivity contribution >= 4 is 17.5 Å². The summed E-state index contributed by atoms with van der Waals surface area (Å²) in [6, 6.07) is 10.5. The van der Waals surface area contributed by atoms with Gasteiger partial charge in [0.05, 0.1) is 18.9 Å². The number of carbonyl (C=O) groups excluding carboxylic acids is 1. The molecule has 1 unspecified atom stereocenters. The maximum absolute atomic E-state index is 11.7. The van der Waals surface area contributed by atoms with Crippen LogP contribution in [0.5, 0.6) is 5.75 Å². The van der Waals surface area contributed by atoms with Gasteiger partial charge in [-0.25, -0.2) is 0 Å². The molecule has 1 atom stereocenters. The Bertz CT molecular complexity index is 605. The van der Waals surface area contributed by atoms with Gasteiger partial charge in [0, 0.05) is 24.2 Å². The first kappa shape index (κ1) is 17.2. The topological polar surface area (TPSA) is 71.5 Å².